The summed E-state index contributed by atoms with van der Waals surface area (Å²) in [7, 11) is 0. The molecule has 1 aliphatic carbocycles. The Balaban J connectivity index is 1.32. The number of benzene rings is 2. The van der Waals surface area contributed by atoms with Crippen molar-refractivity contribution in [3.8, 4) is 11.1 Å². The second-order valence-corrected chi connectivity index (χ2v) is 8.64. The molecule has 0 bridgehead atoms. The molecule has 174 valence electrons. The van der Waals surface area contributed by atoms with Gasteiger partial charge in [0.25, 0.3) is 0 Å². The van der Waals surface area contributed by atoms with Crippen molar-refractivity contribution in [3.05, 3.63) is 59.7 Å². The molecule has 2 aliphatic rings. The van der Waals surface area contributed by atoms with Gasteiger partial charge in [-0.25, -0.2) is 4.79 Å². The number of hydrogen-bond donors (Lipinski definition) is 3. The monoisotopic (exact) mass is 452 g/mol. The maximum Gasteiger partial charge on any atom is 0.407 e. The van der Waals surface area contributed by atoms with E-state index in [1.54, 1.807) is 13.8 Å². The maximum absolute atomic E-state index is 12.6. The highest BCUT2D eigenvalue weighted by Gasteiger charge is 2.36. The Labute approximate surface area is 192 Å². The van der Waals surface area contributed by atoms with Gasteiger partial charge in [0.05, 0.1) is 25.2 Å². The number of amides is 2. The molecule has 1 saturated heterocycles. The number of ether oxygens (including phenoxy) is 2. The maximum atomic E-state index is 12.6. The van der Waals surface area contributed by atoms with Crippen LogP contribution in [0.4, 0.5) is 4.79 Å². The van der Waals surface area contributed by atoms with Crippen LogP contribution in [0.2, 0.25) is 0 Å². The number of rotatable bonds is 7. The molecular formula is C25H28N2O6. The normalized spacial score (nSPS) is 20.9. The third-order valence-electron chi connectivity index (χ3n) is 6.58. The lowest BCUT2D eigenvalue weighted by atomic mass is 9.98. The molecule has 0 spiro atoms. The Morgan fingerprint density at radius 1 is 1.03 bits per heavy atom. The fraction of sp³-hybridized carbons (Fsp3) is 0.400. The zero-order chi connectivity index (χ0) is 23.5. The lowest BCUT2D eigenvalue weighted by Gasteiger charge is -2.24. The van der Waals surface area contributed by atoms with Gasteiger partial charge in [-0.1, -0.05) is 55.5 Å². The van der Waals surface area contributed by atoms with Crippen LogP contribution in [0, 0.1) is 11.8 Å². The number of carbonyl (C=O) groups is 3. The number of fused-ring (bicyclic) bond motifs is 3. The van der Waals surface area contributed by atoms with E-state index in [9.17, 15) is 19.5 Å². The van der Waals surface area contributed by atoms with E-state index >= 15 is 0 Å². The quantitative estimate of drug-likeness (QED) is 0.595. The van der Waals surface area contributed by atoms with E-state index in [1.807, 2.05) is 36.4 Å². The van der Waals surface area contributed by atoms with Crippen molar-refractivity contribution < 1.29 is 29.0 Å². The fourth-order valence-electron chi connectivity index (χ4n) is 4.43. The van der Waals surface area contributed by atoms with Crippen LogP contribution in [0.5, 0.6) is 0 Å². The van der Waals surface area contributed by atoms with Gasteiger partial charge < -0.3 is 25.2 Å². The lowest BCUT2D eigenvalue weighted by molar-refractivity contribution is -0.142. The summed E-state index contributed by atoms with van der Waals surface area (Å²) in [6, 6.07) is 15.1. The highest BCUT2D eigenvalue weighted by Crippen LogP contribution is 2.44. The van der Waals surface area contributed by atoms with Gasteiger partial charge in [-0.15, -0.1) is 0 Å². The molecule has 8 nitrogen and oxygen atoms in total. The average Bonchev–Trinajstić information content (AvgIpc) is 3.39. The second kappa shape index (κ2) is 9.62. The molecule has 0 radical (unpaired) electrons. The number of alkyl carbamates (subject to hydrolysis) is 1. The zero-order valence-corrected chi connectivity index (χ0v) is 18.6. The van der Waals surface area contributed by atoms with Crippen LogP contribution >= 0.6 is 0 Å². The van der Waals surface area contributed by atoms with Crippen molar-refractivity contribution in [1.82, 2.24) is 10.6 Å². The molecular weight excluding hydrogens is 424 g/mol. The molecule has 1 heterocycles. The van der Waals surface area contributed by atoms with Gasteiger partial charge in [0.1, 0.15) is 12.5 Å². The number of hydrogen-bond acceptors (Lipinski definition) is 5. The van der Waals surface area contributed by atoms with Gasteiger partial charge in [-0.2, -0.15) is 0 Å². The molecule has 33 heavy (non-hydrogen) atoms. The highest BCUT2D eigenvalue weighted by molar-refractivity contribution is 5.82. The predicted molar refractivity (Wildman–Crippen MR) is 121 cm³/mol. The van der Waals surface area contributed by atoms with Crippen LogP contribution in [-0.2, 0) is 19.1 Å². The first-order valence-corrected chi connectivity index (χ1v) is 11.1. The van der Waals surface area contributed by atoms with Gasteiger partial charge >= 0.3 is 12.1 Å². The summed E-state index contributed by atoms with van der Waals surface area (Å²) < 4.78 is 10.7. The Bertz CT molecular complexity index is 1010. The number of nitrogens with one attached hydrogen (secondary N) is 2. The molecule has 4 unspecified atom stereocenters. The van der Waals surface area contributed by atoms with Gasteiger partial charge in [-0.3, -0.25) is 9.59 Å². The van der Waals surface area contributed by atoms with Crippen molar-refractivity contribution in [2.24, 2.45) is 11.8 Å². The van der Waals surface area contributed by atoms with E-state index in [4.69, 9.17) is 9.47 Å². The van der Waals surface area contributed by atoms with Gasteiger partial charge in [0, 0.05) is 12.0 Å². The van der Waals surface area contributed by atoms with E-state index < -0.39 is 36.0 Å². The van der Waals surface area contributed by atoms with Crippen LogP contribution in [0.1, 0.15) is 30.9 Å². The van der Waals surface area contributed by atoms with E-state index in [0.717, 1.165) is 22.3 Å². The van der Waals surface area contributed by atoms with Crippen molar-refractivity contribution >= 4 is 18.0 Å². The molecule has 2 amide bonds. The predicted octanol–water partition coefficient (Wildman–Crippen LogP) is 2.77. The molecule has 0 aromatic heterocycles. The minimum Gasteiger partial charge on any atom is -0.481 e. The SMILES string of the molecule is CC(NC(=O)OCC1c2ccccc2-c2ccccc21)C(C)C(=O)NC1COCC1C(=O)O. The summed E-state index contributed by atoms with van der Waals surface area (Å²) in [5.74, 6) is -2.75. The molecule has 0 saturated carbocycles. The largest absolute Gasteiger partial charge is 0.481 e. The molecule has 1 aliphatic heterocycles. The Morgan fingerprint density at radius 2 is 1.64 bits per heavy atom. The molecule has 1 fully saturated rings. The summed E-state index contributed by atoms with van der Waals surface area (Å²) >= 11 is 0. The number of carboxylic acids is 1. The minimum atomic E-state index is -1.00. The van der Waals surface area contributed by atoms with Crippen LogP contribution in [0.25, 0.3) is 11.1 Å². The van der Waals surface area contributed by atoms with Crippen molar-refractivity contribution in [3.63, 3.8) is 0 Å². The summed E-state index contributed by atoms with van der Waals surface area (Å²) in [5.41, 5.74) is 4.55. The minimum absolute atomic E-state index is 0.0468. The lowest BCUT2D eigenvalue weighted by Crippen LogP contribution is -2.49. The van der Waals surface area contributed by atoms with Crippen LogP contribution in [-0.4, -0.2) is 55.0 Å². The number of carbonyl (C=O) groups excluding carboxylic acids is 2. The van der Waals surface area contributed by atoms with Crippen LogP contribution in [0.15, 0.2) is 48.5 Å². The Kier molecular flexibility index (Phi) is 6.65. The summed E-state index contributed by atoms with van der Waals surface area (Å²) in [6.07, 6.45) is -0.600. The van der Waals surface area contributed by atoms with Crippen molar-refractivity contribution in [2.75, 3.05) is 19.8 Å². The summed E-state index contributed by atoms with van der Waals surface area (Å²) in [6.45, 7) is 3.81. The molecule has 4 atom stereocenters. The Hall–Kier alpha value is -3.39. The number of aliphatic carboxylic acids is 1. The molecule has 3 N–H and O–H groups in total. The zero-order valence-electron chi connectivity index (χ0n) is 18.6. The highest BCUT2D eigenvalue weighted by atomic mass is 16.5. The summed E-state index contributed by atoms with van der Waals surface area (Å²) in [4.78, 5) is 36.3. The van der Waals surface area contributed by atoms with Crippen molar-refractivity contribution in [2.45, 2.75) is 31.8 Å². The second-order valence-electron chi connectivity index (χ2n) is 8.64. The fourth-order valence-corrected chi connectivity index (χ4v) is 4.43. The number of carboxylic acid groups (broad SMARTS) is 1. The van der Waals surface area contributed by atoms with Gasteiger partial charge in [-0.05, 0) is 29.2 Å². The third-order valence-corrected chi connectivity index (χ3v) is 6.58. The third kappa shape index (κ3) is 4.71. The van der Waals surface area contributed by atoms with Crippen LogP contribution in [0.3, 0.4) is 0 Å². The van der Waals surface area contributed by atoms with Gasteiger partial charge in [0.2, 0.25) is 5.91 Å². The van der Waals surface area contributed by atoms with E-state index in [1.165, 1.54) is 0 Å². The average molecular weight is 453 g/mol. The van der Waals surface area contributed by atoms with E-state index in [-0.39, 0.29) is 31.6 Å². The summed E-state index contributed by atoms with van der Waals surface area (Å²) in [5, 5.41) is 14.7. The van der Waals surface area contributed by atoms with E-state index in [2.05, 4.69) is 22.8 Å². The first kappa shape index (κ1) is 22.8. The topological polar surface area (TPSA) is 114 Å². The molecule has 8 heteroatoms. The first-order chi connectivity index (χ1) is 15.9. The standard InChI is InChI=1S/C25H28N2O6/c1-14(23(28)27-22-13-32-11-21(22)24(29)30)15(2)26-25(31)33-12-20-18-9-5-3-7-16(18)17-8-4-6-10-19(17)20/h3-10,14-15,20-22H,11-13H2,1-2H3,(H,26,31)(H,27,28)(H,29,30). The van der Waals surface area contributed by atoms with Crippen LogP contribution < -0.4 is 10.6 Å². The van der Waals surface area contributed by atoms with Gasteiger partial charge in [0.15, 0.2) is 0 Å². The first-order valence-electron chi connectivity index (χ1n) is 11.1. The molecule has 4 rings (SSSR count). The molecule has 2 aromatic rings. The molecule has 2 aromatic carbocycles. The van der Waals surface area contributed by atoms with Crippen molar-refractivity contribution in [1.29, 1.82) is 0 Å². The smallest absolute Gasteiger partial charge is 0.407 e. The van der Waals surface area contributed by atoms with E-state index in [0.29, 0.717) is 0 Å². The Morgan fingerprint density at radius 3 is 2.24 bits per heavy atom.